The van der Waals surface area contributed by atoms with Crippen LogP contribution in [0.3, 0.4) is 0 Å². The van der Waals surface area contributed by atoms with Crippen LogP contribution in [0.2, 0.25) is 0 Å². The summed E-state index contributed by atoms with van der Waals surface area (Å²) in [5, 5.41) is 0. The van der Waals surface area contributed by atoms with Crippen molar-refractivity contribution in [2.75, 3.05) is 26.2 Å². The number of furan rings is 1. The molecule has 1 aliphatic carbocycles. The molecule has 1 saturated heterocycles. The zero-order chi connectivity index (χ0) is 20.5. The number of rotatable bonds is 3. The molecule has 30 heavy (non-hydrogen) atoms. The van der Waals surface area contributed by atoms with Crippen molar-refractivity contribution < 1.29 is 14.0 Å². The fraction of sp³-hybridized carbons (Fsp3) is 0.280. The predicted molar refractivity (Wildman–Crippen MR) is 114 cm³/mol. The minimum Gasteiger partial charge on any atom is -0.468 e. The molecule has 3 aromatic rings. The van der Waals surface area contributed by atoms with E-state index in [1.165, 1.54) is 11.8 Å². The number of hydrogen-bond acceptors (Lipinski definition) is 4. The van der Waals surface area contributed by atoms with Crippen molar-refractivity contribution in [2.45, 2.75) is 19.4 Å². The highest BCUT2D eigenvalue weighted by Crippen LogP contribution is 2.29. The first-order chi connectivity index (χ1) is 14.7. The maximum Gasteiger partial charge on any atom is 0.257 e. The highest BCUT2D eigenvalue weighted by Gasteiger charge is 2.32. The van der Waals surface area contributed by atoms with Gasteiger partial charge in [0.05, 0.1) is 11.1 Å². The Hall–Kier alpha value is -3.18. The number of ketones is 1. The Labute approximate surface area is 175 Å². The molecule has 0 radical (unpaired) electrons. The Balaban J connectivity index is 1.32. The second-order valence-electron chi connectivity index (χ2n) is 7.99. The van der Waals surface area contributed by atoms with Gasteiger partial charge in [0.25, 0.3) is 5.91 Å². The predicted octanol–water partition coefficient (Wildman–Crippen LogP) is 3.57. The van der Waals surface area contributed by atoms with Crippen LogP contribution >= 0.6 is 0 Å². The largest absolute Gasteiger partial charge is 0.468 e. The van der Waals surface area contributed by atoms with E-state index in [-0.39, 0.29) is 11.7 Å². The first-order valence-corrected chi connectivity index (χ1v) is 10.5. The lowest BCUT2D eigenvalue weighted by Gasteiger charge is -2.34. The number of hydrogen-bond donors (Lipinski definition) is 0. The van der Waals surface area contributed by atoms with Crippen molar-refractivity contribution in [1.29, 1.82) is 0 Å². The summed E-state index contributed by atoms with van der Waals surface area (Å²) in [5.74, 6) is 0.423. The van der Waals surface area contributed by atoms with Crippen LogP contribution in [-0.2, 0) is 19.4 Å². The summed E-state index contributed by atoms with van der Waals surface area (Å²) >= 11 is 0. The summed E-state index contributed by atoms with van der Waals surface area (Å²) in [4.78, 5) is 30.7. The highest BCUT2D eigenvalue weighted by atomic mass is 16.3. The molecule has 1 aromatic heterocycles. The van der Waals surface area contributed by atoms with Crippen molar-refractivity contribution in [1.82, 2.24) is 9.80 Å². The maximum absolute atomic E-state index is 13.3. The van der Waals surface area contributed by atoms with Crippen molar-refractivity contribution in [3.63, 3.8) is 0 Å². The van der Waals surface area contributed by atoms with Gasteiger partial charge >= 0.3 is 0 Å². The maximum atomic E-state index is 13.3. The summed E-state index contributed by atoms with van der Waals surface area (Å²) in [7, 11) is 0. The topological polar surface area (TPSA) is 53.8 Å². The Morgan fingerprint density at radius 3 is 2.43 bits per heavy atom. The van der Waals surface area contributed by atoms with Crippen molar-refractivity contribution in [3.8, 4) is 0 Å². The number of carbonyl (C=O) groups is 2. The number of benzene rings is 2. The third kappa shape index (κ3) is 3.46. The molecular formula is C25H24N2O3. The van der Waals surface area contributed by atoms with Gasteiger partial charge in [-0.05, 0) is 17.5 Å². The van der Waals surface area contributed by atoms with E-state index in [9.17, 15) is 9.59 Å². The minimum atomic E-state index is -0.105. The molecule has 5 heteroatoms. The van der Waals surface area contributed by atoms with Gasteiger partial charge in [-0.3, -0.25) is 14.5 Å². The van der Waals surface area contributed by atoms with E-state index in [1.807, 2.05) is 35.2 Å². The number of carbonyl (C=O) groups excluding carboxylic acids is 2. The molecule has 0 spiro atoms. The van der Waals surface area contributed by atoms with Crippen LogP contribution < -0.4 is 0 Å². The van der Waals surface area contributed by atoms with Crippen molar-refractivity contribution in [2.24, 2.45) is 0 Å². The van der Waals surface area contributed by atoms with Crippen LogP contribution in [0.25, 0.3) is 0 Å². The Bertz CT molecular complexity index is 1080. The zero-order valence-corrected chi connectivity index (χ0v) is 16.8. The van der Waals surface area contributed by atoms with Gasteiger partial charge in [0, 0.05) is 44.7 Å². The van der Waals surface area contributed by atoms with Crippen LogP contribution in [0.15, 0.2) is 65.3 Å². The van der Waals surface area contributed by atoms with Gasteiger partial charge in [0.2, 0.25) is 0 Å². The monoisotopic (exact) mass is 400 g/mol. The van der Waals surface area contributed by atoms with E-state index >= 15 is 0 Å². The molecule has 5 nitrogen and oxygen atoms in total. The number of fused-ring (bicyclic) bond motifs is 2. The van der Waals surface area contributed by atoms with Gasteiger partial charge in [-0.15, -0.1) is 0 Å². The summed E-state index contributed by atoms with van der Waals surface area (Å²) < 4.78 is 5.70. The standard InChI is InChI=1S/C25H24N2O3/c28-24-20-9-5-4-8-19(20)10-11-22-23(24)21(17-30-22)25(29)27-14-12-26(13-15-27)16-18-6-2-1-3-7-18/h1-9,17H,10-16H2. The van der Waals surface area contributed by atoms with E-state index < -0.39 is 0 Å². The summed E-state index contributed by atoms with van der Waals surface area (Å²) in [6.07, 6.45) is 2.86. The van der Waals surface area contributed by atoms with Crippen LogP contribution in [0.4, 0.5) is 0 Å². The molecule has 2 aromatic carbocycles. The number of nitrogens with zero attached hydrogens (tertiary/aromatic N) is 2. The molecule has 5 rings (SSSR count). The van der Waals surface area contributed by atoms with Gasteiger partial charge in [0.15, 0.2) is 5.78 Å². The molecule has 0 atom stereocenters. The van der Waals surface area contributed by atoms with Crippen LogP contribution in [-0.4, -0.2) is 47.7 Å². The molecule has 1 amide bonds. The first-order valence-electron chi connectivity index (χ1n) is 10.5. The van der Waals surface area contributed by atoms with E-state index in [0.29, 0.717) is 42.0 Å². The van der Waals surface area contributed by atoms with E-state index in [4.69, 9.17) is 4.42 Å². The van der Waals surface area contributed by atoms with Crippen molar-refractivity contribution >= 4 is 11.7 Å². The lowest BCUT2D eigenvalue weighted by atomic mass is 9.98. The Morgan fingerprint density at radius 2 is 1.63 bits per heavy atom. The molecule has 152 valence electrons. The second-order valence-corrected chi connectivity index (χ2v) is 7.99. The number of aryl methyl sites for hydroxylation is 2. The van der Waals surface area contributed by atoms with E-state index in [0.717, 1.165) is 31.6 Å². The highest BCUT2D eigenvalue weighted by molar-refractivity contribution is 6.16. The average molecular weight is 400 g/mol. The van der Waals surface area contributed by atoms with Crippen LogP contribution in [0.5, 0.6) is 0 Å². The molecule has 2 aliphatic rings. The van der Waals surface area contributed by atoms with Crippen LogP contribution in [0, 0.1) is 0 Å². The van der Waals surface area contributed by atoms with Gasteiger partial charge in [0.1, 0.15) is 12.0 Å². The number of amides is 1. The molecule has 0 unspecified atom stereocenters. The van der Waals surface area contributed by atoms with Gasteiger partial charge in [-0.1, -0.05) is 54.6 Å². The average Bonchev–Trinajstić information content (AvgIpc) is 3.16. The summed E-state index contributed by atoms with van der Waals surface area (Å²) in [6, 6.07) is 18.0. The van der Waals surface area contributed by atoms with Gasteiger partial charge in [-0.25, -0.2) is 0 Å². The minimum absolute atomic E-state index is 0.0992. The zero-order valence-electron chi connectivity index (χ0n) is 16.8. The Kier molecular flexibility index (Phi) is 4.97. The van der Waals surface area contributed by atoms with E-state index in [1.54, 1.807) is 0 Å². The molecular weight excluding hydrogens is 376 g/mol. The number of piperazine rings is 1. The SMILES string of the molecule is O=C1c2ccccc2CCc2occ(C(=O)N3CCN(Cc4ccccc4)CC3)c21. The molecule has 1 aliphatic heterocycles. The Morgan fingerprint density at radius 1 is 0.900 bits per heavy atom. The van der Waals surface area contributed by atoms with E-state index in [2.05, 4.69) is 29.2 Å². The first kappa shape index (κ1) is 18.8. The summed E-state index contributed by atoms with van der Waals surface area (Å²) in [6.45, 7) is 3.82. The molecule has 0 saturated carbocycles. The third-order valence-corrected chi connectivity index (χ3v) is 6.12. The van der Waals surface area contributed by atoms with Gasteiger partial charge < -0.3 is 9.32 Å². The lowest BCUT2D eigenvalue weighted by molar-refractivity contribution is 0.0625. The molecule has 0 bridgehead atoms. The fourth-order valence-electron chi connectivity index (χ4n) is 4.45. The quantitative estimate of drug-likeness (QED) is 0.675. The lowest BCUT2D eigenvalue weighted by Crippen LogP contribution is -2.48. The van der Waals surface area contributed by atoms with Crippen molar-refractivity contribution in [3.05, 3.63) is 94.4 Å². The normalized spacial score (nSPS) is 16.7. The summed E-state index contributed by atoms with van der Waals surface area (Å²) in [5.41, 5.74) is 3.84. The smallest absolute Gasteiger partial charge is 0.257 e. The van der Waals surface area contributed by atoms with Gasteiger partial charge in [-0.2, -0.15) is 0 Å². The molecule has 2 heterocycles. The molecule has 1 fully saturated rings. The fourth-order valence-corrected chi connectivity index (χ4v) is 4.45. The second kappa shape index (κ2) is 7.92. The van der Waals surface area contributed by atoms with Crippen LogP contribution in [0.1, 0.15) is 43.2 Å². The third-order valence-electron chi connectivity index (χ3n) is 6.12. The molecule has 0 N–H and O–H groups in total.